The van der Waals surface area contributed by atoms with E-state index in [0.29, 0.717) is 22.4 Å². The fourth-order valence-electron chi connectivity index (χ4n) is 2.97. The summed E-state index contributed by atoms with van der Waals surface area (Å²) < 4.78 is 21.1. The smallest absolute Gasteiger partial charge is 0.316 e. The molecular weight excluding hydrogens is 481 g/mol. The molecule has 0 saturated heterocycles. The van der Waals surface area contributed by atoms with Crippen LogP contribution in [0.1, 0.15) is 0 Å². The van der Waals surface area contributed by atoms with E-state index >= 15 is 0 Å². The number of carbonyl (C=O) groups excluding carboxylic acids is 2. The Morgan fingerprint density at radius 2 is 1.79 bits per heavy atom. The van der Waals surface area contributed by atoms with E-state index in [1.807, 2.05) is 30.3 Å². The Labute approximate surface area is 203 Å². The summed E-state index contributed by atoms with van der Waals surface area (Å²) in [6, 6.07) is 18.6. The van der Waals surface area contributed by atoms with Crippen LogP contribution in [0.5, 0.6) is 0 Å². The Bertz CT molecular complexity index is 1320. The van der Waals surface area contributed by atoms with Crippen molar-refractivity contribution in [1.82, 2.24) is 19.7 Å². The Kier molecular flexibility index (Phi) is 7.51. The van der Waals surface area contributed by atoms with Gasteiger partial charge in [0.15, 0.2) is 22.7 Å². The summed E-state index contributed by atoms with van der Waals surface area (Å²) in [4.78, 5) is 28.1. The van der Waals surface area contributed by atoms with Gasteiger partial charge in [-0.15, -0.1) is 10.2 Å². The first-order valence-electron chi connectivity index (χ1n) is 9.97. The van der Waals surface area contributed by atoms with Gasteiger partial charge in [-0.3, -0.25) is 14.2 Å². The van der Waals surface area contributed by atoms with Crippen molar-refractivity contribution >= 4 is 40.9 Å². The molecule has 0 spiro atoms. The summed E-state index contributed by atoms with van der Waals surface area (Å²) in [6.45, 7) is -0.490. The molecule has 2 aromatic heterocycles. The number of aromatic nitrogens is 4. The molecule has 34 heavy (non-hydrogen) atoms. The van der Waals surface area contributed by atoms with Gasteiger partial charge in [0.1, 0.15) is 5.82 Å². The minimum Gasteiger partial charge on any atom is -0.455 e. The number of esters is 1. The molecule has 0 radical (unpaired) electrons. The highest BCUT2D eigenvalue weighted by molar-refractivity contribution is 7.99. The van der Waals surface area contributed by atoms with E-state index in [2.05, 4.69) is 20.5 Å². The first kappa shape index (κ1) is 23.4. The highest BCUT2D eigenvalue weighted by Gasteiger charge is 2.20. The largest absolute Gasteiger partial charge is 0.455 e. The molecule has 2 heterocycles. The van der Waals surface area contributed by atoms with E-state index in [-0.39, 0.29) is 16.5 Å². The van der Waals surface area contributed by atoms with Crippen molar-refractivity contribution in [3.05, 3.63) is 83.9 Å². The third kappa shape index (κ3) is 5.59. The highest BCUT2D eigenvalue weighted by atomic mass is 35.5. The summed E-state index contributed by atoms with van der Waals surface area (Å²) in [7, 11) is 0. The maximum absolute atomic E-state index is 14.4. The van der Waals surface area contributed by atoms with Gasteiger partial charge in [0.05, 0.1) is 17.0 Å². The Morgan fingerprint density at radius 1 is 1.03 bits per heavy atom. The number of nitrogens with one attached hydrogen (secondary N) is 1. The summed E-state index contributed by atoms with van der Waals surface area (Å²) in [6.07, 6.45) is 1.49. The van der Waals surface area contributed by atoms with E-state index in [1.165, 1.54) is 12.3 Å². The van der Waals surface area contributed by atoms with Crippen molar-refractivity contribution < 1.29 is 18.7 Å². The normalized spacial score (nSPS) is 10.6. The predicted octanol–water partition coefficient (Wildman–Crippen LogP) is 4.40. The second kappa shape index (κ2) is 10.9. The number of halogens is 2. The molecule has 0 unspecified atom stereocenters. The van der Waals surface area contributed by atoms with Crippen LogP contribution < -0.4 is 5.32 Å². The molecule has 0 fully saturated rings. The molecule has 0 aliphatic rings. The quantitative estimate of drug-likeness (QED) is 0.219. The number of anilines is 1. The van der Waals surface area contributed by atoms with Crippen LogP contribution >= 0.6 is 23.4 Å². The number of rotatable bonds is 8. The summed E-state index contributed by atoms with van der Waals surface area (Å²) in [5.74, 6) is -1.46. The van der Waals surface area contributed by atoms with Crippen molar-refractivity contribution in [2.75, 3.05) is 17.7 Å². The molecule has 0 atom stereocenters. The second-order valence-electron chi connectivity index (χ2n) is 6.80. The minimum atomic E-state index is -0.632. The van der Waals surface area contributed by atoms with Crippen molar-refractivity contribution in [1.29, 1.82) is 0 Å². The van der Waals surface area contributed by atoms with E-state index in [4.69, 9.17) is 16.3 Å². The van der Waals surface area contributed by atoms with Gasteiger partial charge < -0.3 is 10.1 Å². The zero-order chi connectivity index (χ0) is 23.9. The predicted molar refractivity (Wildman–Crippen MR) is 126 cm³/mol. The lowest BCUT2D eigenvalue weighted by atomic mass is 10.2. The van der Waals surface area contributed by atoms with Gasteiger partial charge in [-0.05, 0) is 36.4 Å². The Morgan fingerprint density at radius 3 is 2.56 bits per heavy atom. The molecule has 0 aliphatic carbocycles. The number of benzene rings is 2. The van der Waals surface area contributed by atoms with Crippen molar-refractivity contribution in [2.45, 2.75) is 5.16 Å². The molecule has 0 aliphatic heterocycles. The summed E-state index contributed by atoms with van der Waals surface area (Å²) >= 11 is 6.95. The van der Waals surface area contributed by atoms with Crippen molar-refractivity contribution in [3.8, 4) is 17.1 Å². The van der Waals surface area contributed by atoms with E-state index in [9.17, 15) is 14.0 Å². The van der Waals surface area contributed by atoms with Gasteiger partial charge >= 0.3 is 5.97 Å². The third-order valence-electron chi connectivity index (χ3n) is 4.48. The maximum atomic E-state index is 14.4. The number of hydrogen-bond donors (Lipinski definition) is 1. The lowest BCUT2D eigenvalue weighted by Gasteiger charge is -2.11. The molecule has 2 aromatic carbocycles. The molecule has 11 heteroatoms. The molecule has 1 N–H and O–H groups in total. The number of para-hydroxylation sites is 1. The number of thioether (sulfide) groups is 1. The lowest BCUT2D eigenvalue weighted by molar-refractivity contribution is -0.144. The van der Waals surface area contributed by atoms with Crippen molar-refractivity contribution in [3.63, 3.8) is 0 Å². The van der Waals surface area contributed by atoms with Crippen LogP contribution in [0.4, 0.5) is 10.1 Å². The zero-order valence-corrected chi connectivity index (χ0v) is 19.1. The standard InChI is InChI=1S/C23H17ClFN5O3S/c24-21-18(11-6-12-26-21)27-19(31)13-33-20(32)14-34-23-29-28-22(16-9-4-5-10-17(16)25)30(23)15-7-2-1-3-8-15/h1-12H,13-14H2,(H,27,31). The van der Waals surface area contributed by atoms with Crippen LogP contribution in [0.25, 0.3) is 17.1 Å². The maximum Gasteiger partial charge on any atom is 0.316 e. The van der Waals surface area contributed by atoms with Gasteiger partial charge in [-0.2, -0.15) is 0 Å². The van der Waals surface area contributed by atoms with Crippen LogP contribution in [0.3, 0.4) is 0 Å². The van der Waals surface area contributed by atoms with Gasteiger partial charge in [0.25, 0.3) is 5.91 Å². The third-order valence-corrected chi connectivity index (χ3v) is 5.68. The Balaban J connectivity index is 1.44. The number of nitrogens with zero attached hydrogens (tertiary/aromatic N) is 4. The number of amides is 1. The Hall–Kier alpha value is -3.76. The highest BCUT2D eigenvalue weighted by Crippen LogP contribution is 2.29. The van der Waals surface area contributed by atoms with Crippen LogP contribution in [-0.4, -0.2) is 44.0 Å². The molecule has 4 rings (SSSR count). The molecular formula is C23H17ClFN5O3S. The van der Waals surface area contributed by atoms with Gasteiger partial charge in [0, 0.05) is 11.9 Å². The van der Waals surface area contributed by atoms with E-state index < -0.39 is 24.3 Å². The topological polar surface area (TPSA) is 99.0 Å². The first-order valence-corrected chi connectivity index (χ1v) is 11.3. The summed E-state index contributed by atoms with van der Waals surface area (Å²) in [5, 5.41) is 11.3. The van der Waals surface area contributed by atoms with Crippen LogP contribution in [-0.2, 0) is 14.3 Å². The van der Waals surface area contributed by atoms with Gasteiger partial charge in [0.2, 0.25) is 0 Å². The molecule has 4 aromatic rings. The number of hydrogen-bond acceptors (Lipinski definition) is 7. The zero-order valence-electron chi connectivity index (χ0n) is 17.5. The SMILES string of the molecule is O=C(COC(=O)CSc1nnc(-c2ccccc2F)n1-c1ccccc1)Nc1cccnc1Cl. The van der Waals surface area contributed by atoms with Crippen LogP contribution in [0, 0.1) is 5.82 Å². The van der Waals surface area contributed by atoms with Gasteiger partial charge in [-0.1, -0.05) is 53.7 Å². The van der Waals surface area contributed by atoms with Gasteiger partial charge in [-0.25, -0.2) is 9.37 Å². The summed E-state index contributed by atoms with van der Waals surface area (Å²) in [5.41, 5.74) is 1.30. The average Bonchev–Trinajstić information content (AvgIpc) is 3.27. The fourth-order valence-corrected chi connectivity index (χ4v) is 3.88. The number of ether oxygens (including phenoxy) is 1. The minimum absolute atomic E-state index is 0.128. The fraction of sp³-hybridized carbons (Fsp3) is 0.0870. The molecule has 172 valence electrons. The molecule has 8 nitrogen and oxygen atoms in total. The number of pyridine rings is 1. The van der Waals surface area contributed by atoms with E-state index in [1.54, 1.807) is 34.9 Å². The molecule has 0 saturated carbocycles. The van der Waals surface area contributed by atoms with Crippen LogP contribution in [0.2, 0.25) is 5.15 Å². The van der Waals surface area contributed by atoms with Crippen molar-refractivity contribution in [2.24, 2.45) is 0 Å². The first-order chi connectivity index (χ1) is 16.5. The number of carbonyl (C=O) groups is 2. The lowest BCUT2D eigenvalue weighted by Crippen LogP contribution is -2.22. The molecule has 0 bridgehead atoms. The second-order valence-corrected chi connectivity index (χ2v) is 8.10. The average molecular weight is 498 g/mol. The van der Waals surface area contributed by atoms with E-state index in [0.717, 1.165) is 11.8 Å². The monoisotopic (exact) mass is 497 g/mol. The molecule has 1 amide bonds. The van der Waals surface area contributed by atoms with Crippen LogP contribution in [0.15, 0.2) is 78.1 Å².